The van der Waals surface area contributed by atoms with Crippen LogP contribution in [0, 0.1) is 0 Å². The first-order valence-electron chi connectivity index (χ1n) is 21.3. The van der Waals surface area contributed by atoms with E-state index in [4.69, 9.17) is 0 Å². The summed E-state index contributed by atoms with van der Waals surface area (Å²) in [5.74, 6) is 0. The molecule has 0 unspecified atom stereocenters. The summed E-state index contributed by atoms with van der Waals surface area (Å²) in [6, 6.07) is 92.2. The quantitative estimate of drug-likeness (QED) is 0.151. The molecule has 2 heteroatoms. The Bertz CT molecular complexity index is 3080. The average molecular weight is 791 g/mol. The van der Waals surface area contributed by atoms with Gasteiger partial charge in [0.1, 0.15) is 0 Å². The molecule has 292 valence electrons. The number of benzene rings is 10. The molecular formula is C60H42N2. The third-order valence-electron chi connectivity index (χ3n) is 12.0. The predicted octanol–water partition coefficient (Wildman–Crippen LogP) is 16.9. The zero-order valence-electron chi connectivity index (χ0n) is 34.1. The highest BCUT2D eigenvalue weighted by Gasteiger charge is 2.27. The number of rotatable bonds is 8. The molecule has 0 amide bonds. The minimum atomic E-state index is 1.10. The summed E-state index contributed by atoms with van der Waals surface area (Å²) in [6.07, 6.45) is 0. The van der Waals surface area contributed by atoms with Gasteiger partial charge in [0.15, 0.2) is 0 Å². The maximum Gasteiger partial charge on any atom is 0.0540 e. The predicted molar refractivity (Wildman–Crippen MR) is 262 cm³/mol. The molecule has 0 bridgehead atoms. The average Bonchev–Trinajstić information content (AvgIpc) is 3.48. The Morgan fingerprint density at radius 1 is 0.226 bits per heavy atom. The Hall–Kier alpha value is -8.20. The van der Waals surface area contributed by atoms with Crippen LogP contribution in [0.25, 0.3) is 66.8 Å². The van der Waals surface area contributed by atoms with E-state index >= 15 is 0 Å². The van der Waals surface area contributed by atoms with Gasteiger partial charge in [0, 0.05) is 33.9 Å². The number of fused-ring (bicyclic) bond motifs is 5. The van der Waals surface area contributed by atoms with Gasteiger partial charge in [0.05, 0.1) is 11.4 Å². The maximum absolute atomic E-state index is 2.47. The Morgan fingerprint density at radius 2 is 0.597 bits per heavy atom. The molecule has 62 heavy (non-hydrogen) atoms. The van der Waals surface area contributed by atoms with E-state index in [9.17, 15) is 0 Å². The lowest BCUT2D eigenvalue weighted by molar-refractivity contribution is 1.28. The lowest BCUT2D eigenvalue weighted by Crippen LogP contribution is -2.11. The highest BCUT2D eigenvalue weighted by atomic mass is 15.2. The molecule has 1 aliphatic rings. The first kappa shape index (κ1) is 36.8. The van der Waals surface area contributed by atoms with Gasteiger partial charge in [-0.25, -0.2) is 0 Å². The van der Waals surface area contributed by atoms with Crippen molar-refractivity contribution in [1.82, 2.24) is 0 Å². The first-order valence-corrected chi connectivity index (χ1v) is 21.3. The summed E-state index contributed by atoms with van der Waals surface area (Å²) >= 11 is 0. The molecule has 1 heterocycles. The van der Waals surface area contributed by atoms with Crippen molar-refractivity contribution >= 4 is 34.1 Å². The van der Waals surface area contributed by atoms with Gasteiger partial charge >= 0.3 is 0 Å². The zero-order chi connectivity index (χ0) is 41.2. The molecule has 10 aromatic rings. The normalized spacial score (nSPS) is 11.5. The molecule has 1 aliphatic heterocycles. The molecule has 0 saturated carbocycles. The zero-order valence-corrected chi connectivity index (χ0v) is 34.1. The SMILES string of the molecule is c1ccc(-c2ccc(N(c3ccccc3)c3ccc(-c4ccc5c(c4)-c4ccccc4-c4ccccc4N5c4cc(-c5ccccc5)cc(-c5ccccc5)c4)cc3)cc2)cc1. The minimum absolute atomic E-state index is 1.10. The third kappa shape index (κ3) is 6.94. The van der Waals surface area contributed by atoms with Crippen LogP contribution in [0.2, 0.25) is 0 Å². The van der Waals surface area contributed by atoms with Crippen molar-refractivity contribution in [2.24, 2.45) is 0 Å². The van der Waals surface area contributed by atoms with Gasteiger partial charge in [0.2, 0.25) is 0 Å². The molecule has 0 saturated heterocycles. The summed E-state index contributed by atoms with van der Waals surface area (Å²) in [4.78, 5) is 4.80. The van der Waals surface area contributed by atoms with Gasteiger partial charge in [0.25, 0.3) is 0 Å². The summed E-state index contributed by atoms with van der Waals surface area (Å²) in [5.41, 5.74) is 21.0. The van der Waals surface area contributed by atoms with Crippen LogP contribution in [0.3, 0.4) is 0 Å². The number of hydrogen-bond acceptors (Lipinski definition) is 2. The van der Waals surface area contributed by atoms with Crippen LogP contribution in [0.4, 0.5) is 34.1 Å². The molecule has 0 fully saturated rings. The highest BCUT2D eigenvalue weighted by molar-refractivity contribution is 6.04. The smallest absolute Gasteiger partial charge is 0.0540 e. The van der Waals surface area contributed by atoms with E-state index in [1.165, 1.54) is 55.6 Å². The lowest BCUT2D eigenvalue weighted by Gasteiger charge is -2.29. The second-order valence-electron chi connectivity index (χ2n) is 15.8. The van der Waals surface area contributed by atoms with Crippen LogP contribution in [0.5, 0.6) is 0 Å². The fraction of sp³-hybridized carbons (Fsp3) is 0. The van der Waals surface area contributed by atoms with Crippen LogP contribution in [0.1, 0.15) is 0 Å². The van der Waals surface area contributed by atoms with Crippen molar-refractivity contribution in [2.75, 3.05) is 9.80 Å². The second kappa shape index (κ2) is 16.1. The molecule has 2 nitrogen and oxygen atoms in total. The van der Waals surface area contributed by atoms with Gasteiger partial charge in [-0.1, -0.05) is 182 Å². The van der Waals surface area contributed by atoms with E-state index in [1.807, 2.05) is 0 Å². The molecule has 0 atom stereocenters. The third-order valence-corrected chi connectivity index (χ3v) is 12.0. The highest BCUT2D eigenvalue weighted by Crippen LogP contribution is 2.52. The van der Waals surface area contributed by atoms with Crippen LogP contribution in [0.15, 0.2) is 255 Å². The topological polar surface area (TPSA) is 6.48 Å². The molecular weight excluding hydrogens is 749 g/mol. The molecule has 0 N–H and O–H groups in total. The monoisotopic (exact) mass is 790 g/mol. The van der Waals surface area contributed by atoms with Crippen LogP contribution >= 0.6 is 0 Å². The van der Waals surface area contributed by atoms with E-state index < -0.39 is 0 Å². The fourth-order valence-corrected chi connectivity index (χ4v) is 8.98. The van der Waals surface area contributed by atoms with Gasteiger partial charge in [-0.3, -0.25) is 0 Å². The summed E-state index contributed by atoms with van der Waals surface area (Å²) in [5, 5.41) is 0. The Kier molecular flexibility index (Phi) is 9.57. The second-order valence-corrected chi connectivity index (χ2v) is 15.8. The van der Waals surface area contributed by atoms with Crippen molar-refractivity contribution < 1.29 is 0 Å². The Balaban J connectivity index is 1.03. The Morgan fingerprint density at radius 3 is 1.15 bits per heavy atom. The number of nitrogens with zero attached hydrogens (tertiary/aromatic N) is 2. The molecule has 0 spiro atoms. The summed E-state index contributed by atoms with van der Waals surface area (Å²) < 4.78 is 0. The molecule has 10 aromatic carbocycles. The van der Waals surface area contributed by atoms with Crippen LogP contribution in [-0.4, -0.2) is 0 Å². The summed E-state index contributed by atoms with van der Waals surface area (Å²) in [6.45, 7) is 0. The van der Waals surface area contributed by atoms with E-state index in [2.05, 4.69) is 265 Å². The van der Waals surface area contributed by atoms with Gasteiger partial charge in [-0.05, 0) is 128 Å². The molecule has 11 rings (SSSR count). The number of hydrogen-bond donors (Lipinski definition) is 0. The lowest BCUT2D eigenvalue weighted by atomic mass is 9.92. The first-order chi connectivity index (χ1) is 30.7. The van der Waals surface area contributed by atoms with Crippen molar-refractivity contribution in [3.63, 3.8) is 0 Å². The van der Waals surface area contributed by atoms with Gasteiger partial charge in [-0.15, -0.1) is 0 Å². The number of para-hydroxylation sites is 2. The van der Waals surface area contributed by atoms with Crippen molar-refractivity contribution in [3.8, 4) is 66.8 Å². The molecule has 0 aliphatic carbocycles. The number of anilines is 6. The standard InChI is InChI=1S/C60H42N2/c1-5-17-43(18-6-1)46-29-34-52(35-30-46)61(51-23-11-4-12-24-51)53-36-31-47(32-37-53)48-33-38-60-58(42-48)56-26-14-13-25-55(56)57-27-15-16-28-59(57)62(60)54-40-49(44-19-7-2-8-20-44)39-50(41-54)45-21-9-3-10-22-45/h1-42H. The van der Waals surface area contributed by atoms with E-state index in [0.717, 1.165) is 45.3 Å². The van der Waals surface area contributed by atoms with Crippen LogP contribution in [-0.2, 0) is 0 Å². The fourth-order valence-electron chi connectivity index (χ4n) is 8.98. The molecule has 0 radical (unpaired) electrons. The van der Waals surface area contributed by atoms with E-state index in [0.29, 0.717) is 0 Å². The Labute approximate surface area is 363 Å². The van der Waals surface area contributed by atoms with Gasteiger partial charge in [-0.2, -0.15) is 0 Å². The van der Waals surface area contributed by atoms with E-state index in [1.54, 1.807) is 0 Å². The minimum Gasteiger partial charge on any atom is -0.311 e. The maximum atomic E-state index is 2.47. The largest absolute Gasteiger partial charge is 0.311 e. The van der Waals surface area contributed by atoms with Crippen molar-refractivity contribution in [1.29, 1.82) is 0 Å². The van der Waals surface area contributed by atoms with Crippen molar-refractivity contribution in [3.05, 3.63) is 255 Å². The van der Waals surface area contributed by atoms with Gasteiger partial charge < -0.3 is 9.80 Å². The molecule has 0 aromatic heterocycles. The van der Waals surface area contributed by atoms with E-state index in [-0.39, 0.29) is 0 Å². The summed E-state index contributed by atoms with van der Waals surface area (Å²) in [7, 11) is 0. The van der Waals surface area contributed by atoms with Crippen LogP contribution < -0.4 is 9.80 Å². The van der Waals surface area contributed by atoms with Crippen molar-refractivity contribution in [2.45, 2.75) is 0 Å².